The zero-order valence-electron chi connectivity index (χ0n) is 8.81. The number of hydrogen-bond donors (Lipinski definition) is 1. The van der Waals surface area contributed by atoms with Crippen LogP contribution in [0.4, 0.5) is 14.5 Å². The number of alkyl halides is 2. The lowest BCUT2D eigenvalue weighted by Crippen LogP contribution is -2.20. The van der Waals surface area contributed by atoms with Crippen molar-refractivity contribution in [2.75, 3.05) is 5.73 Å². The summed E-state index contributed by atoms with van der Waals surface area (Å²) in [4.78, 5) is 11.7. The maximum atomic E-state index is 12.4. The predicted octanol–water partition coefficient (Wildman–Crippen LogP) is 2.36. The lowest BCUT2D eigenvalue weighted by atomic mass is 10.2. The molecule has 2 N–H and O–H groups in total. The van der Waals surface area contributed by atoms with Crippen molar-refractivity contribution in [3.63, 3.8) is 0 Å². The lowest BCUT2D eigenvalue weighted by Gasteiger charge is -2.07. The predicted molar refractivity (Wildman–Crippen MR) is 61.4 cm³/mol. The van der Waals surface area contributed by atoms with Gasteiger partial charge in [-0.25, -0.2) is 8.78 Å². The van der Waals surface area contributed by atoms with Gasteiger partial charge < -0.3 is 5.73 Å². The van der Waals surface area contributed by atoms with E-state index in [-0.39, 0.29) is 16.8 Å². The molecule has 5 heteroatoms. The molecular weight excluding hydrogens is 226 g/mol. The molecule has 0 unspecified atom stereocenters. The molecule has 88 valence electrons. The van der Waals surface area contributed by atoms with Gasteiger partial charge in [-0.15, -0.1) is 0 Å². The van der Waals surface area contributed by atoms with Crippen molar-refractivity contribution < 1.29 is 8.78 Å². The molecule has 1 heterocycles. The molecule has 0 spiro atoms. The van der Waals surface area contributed by atoms with Gasteiger partial charge in [0, 0.05) is 17.4 Å². The topological polar surface area (TPSA) is 48.0 Å². The van der Waals surface area contributed by atoms with Gasteiger partial charge in [0.1, 0.15) is 0 Å². The van der Waals surface area contributed by atoms with Crippen molar-refractivity contribution in [3.8, 4) is 5.69 Å². The average molecular weight is 236 g/mol. The van der Waals surface area contributed by atoms with E-state index in [1.165, 1.54) is 41.1 Å². The van der Waals surface area contributed by atoms with Gasteiger partial charge in [-0.05, 0) is 24.3 Å². The summed E-state index contributed by atoms with van der Waals surface area (Å²) in [7, 11) is 0. The Morgan fingerprint density at radius 1 is 1.12 bits per heavy atom. The van der Waals surface area contributed by atoms with Crippen molar-refractivity contribution in [1.82, 2.24) is 4.57 Å². The van der Waals surface area contributed by atoms with Gasteiger partial charge in [-0.1, -0.05) is 12.1 Å². The van der Waals surface area contributed by atoms with Crippen molar-refractivity contribution in [3.05, 3.63) is 58.5 Å². The Hall–Kier alpha value is -2.17. The molecule has 3 nitrogen and oxygen atoms in total. The van der Waals surface area contributed by atoms with E-state index in [9.17, 15) is 13.6 Å². The molecule has 2 rings (SSSR count). The third-order valence-electron chi connectivity index (χ3n) is 2.40. The van der Waals surface area contributed by atoms with Crippen LogP contribution in [0.15, 0.2) is 47.4 Å². The van der Waals surface area contributed by atoms with Crippen molar-refractivity contribution in [2.24, 2.45) is 0 Å². The molecule has 1 aromatic carbocycles. The molecule has 0 bridgehead atoms. The Labute approximate surface area is 96.1 Å². The Bertz CT molecular complexity index is 576. The number of nitrogen functional groups attached to an aromatic ring is 1. The third kappa shape index (κ3) is 2.18. The minimum atomic E-state index is -2.51. The van der Waals surface area contributed by atoms with E-state index in [0.717, 1.165) is 0 Å². The number of anilines is 1. The van der Waals surface area contributed by atoms with Crippen molar-refractivity contribution >= 4 is 5.69 Å². The normalized spacial score (nSPS) is 10.8. The SMILES string of the molecule is Nc1cccn(-c2ccc(C(F)F)cc2)c1=O. The molecule has 0 aliphatic heterocycles. The Balaban J connectivity index is 2.47. The van der Waals surface area contributed by atoms with Crippen LogP contribution in [0.5, 0.6) is 0 Å². The summed E-state index contributed by atoms with van der Waals surface area (Å²) in [5.41, 5.74) is 5.66. The number of nitrogens with two attached hydrogens (primary N) is 1. The lowest BCUT2D eigenvalue weighted by molar-refractivity contribution is 0.151. The van der Waals surface area contributed by atoms with E-state index in [1.54, 1.807) is 6.07 Å². The second kappa shape index (κ2) is 4.37. The number of benzene rings is 1. The van der Waals surface area contributed by atoms with Gasteiger partial charge in [-0.2, -0.15) is 0 Å². The second-order valence-corrected chi connectivity index (χ2v) is 3.53. The summed E-state index contributed by atoms with van der Waals surface area (Å²) in [6.07, 6.45) is -0.975. The summed E-state index contributed by atoms with van der Waals surface area (Å²) in [6, 6.07) is 8.61. The summed E-state index contributed by atoms with van der Waals surface area (Å²) in [5.74, 6) is 0. The van der Waals surface area contributed by atoms with Crippen LogP contribution >= 0.6 is 0 Å². The molecular formula is C12H10F2N2O. The first-order chi connectivity index (χ1) is 8.09. The molecule has 0 atom stereocenters. The summed E-state index contributed by atoms with van der Waals surface area (Å²) >= 11 is 0. The highest BCUT2D eigenvalue weighted by Crippen LogP contribution is 2.19. The van der Waals surface area contributed by atoms with E-state index >= 15 is 0 Å². The minimum absolute atomic E-state index is 0.0781. The summed E-state index contributed by atoms with van der Waals surface area (Å²) in [6.45, 7) is 0. The number of pyridine rings is 1. The number of halogens is 2. The number of aromatic nitrogens is 1. The van der Waals surface area contributed by atoms with E-state index in [0.29, 0.717) is 5.69 Å². The van der Waals surface area contributed by atoms with Crippen LogP contribution in [0.3, 0.4) is 0 Å². The maximum absolute atomic E-state index is 12.4. The van der Waals surface area contributed by atoms with Crippen LogP contribution in [0.25, 0.3) is 5.69 Å². The second-order valence-electron chi connectivity index (χ2n) is 3.53. The zero-order valence-corrected chi connectivity index (χ0v) is 8.81. The fourth-order valence-corrected chi connectivity index (χ4v) is 1.49. The first-order valence-corrected chi connectivity index (χ1v) is 4.95. The minimum Gasteiger partial charge on any atom is -0.394 e. The quantitative estimate of drug-likeness (QED) is 0.870. The molecule has 17 heavy (non-hydrogen) atoms. The van der Waals surface area contributed by atoms with Gasteiger partial charge in [0.25, 0.3) is 12.0 Å². The molecule has 0 saturated heterocycles. The van der Waals surface area contributed by atoms with E-state index < -0.39 is 6.43 Å². The molecule has 0 aliphatic rings. The zero-order chi connectivity index (χ0) is 12.4. The Morgan fingerprint density at radius 2 is 1.76 bits per heavy atom. The third-order valence-corrected chi connectivity index (χ3v) is 2.40. The van der Waals surface area contributed by atoms with Gasteiger partial charge >= 0.3 is 0 Å². The number of rotatable bonds is 2. The molecule has 0 aliphatic carbocycles. The van der Waals surface area contributed by atoms with Crippen LogP contribution in [0.1, 0.15) is 12.0 Å². The highest BCUT2D eigenvalue weighted by atomic mass is 19.3. The van der Waals surface area contributed by atoms with Gasteiger partial charge in [0.05, 0.1) is 5.69 Å². The Morgan fingerprint density at radius 3 is 2.35 bits per heavy atom. The van der Waals surface area contributed by atoms with E-state index in [2.05, 4.69) is 0 Å². The van der Waals surface area contributed by atoms with Crippen LogP contribution in [-0.2, 0) is 0 Å². The smallest absolute Gasteiger partial charge is 0.278 e. The molecule has 0 saturated carbocycles. The highest BCUT2D eigenvalue weighted by Gasteiger charge is 2.07. The standard InChI is InChI=1S/C12H10F2N2O/c13-11(14)8-3-5-9(6-4-8)16-7-1-2-10(15)12(16)17/h1-7,11H,15H2. The number of hydrogen-bond acceptors (Lipinski definition) is 2. The first-order valence-electron chi connectivity index (χ1n) is 4.95. The Kier molecular flexibility index (Phi) is 2.91. The van der Waals surface area contributed by atoms with Crippen molar-refractivity contribution in [2.45, 2.75) is 6.43 Å². The maximum Gasteiger partial charge on any atom is 0.278 e. The van der Waals surface area contributed by atoms with Crippen LogP contribution in [0.2, 0.25) is 0 Å². The van der Waals surface area contributed by atoms with Gasteiger partial charge in [-0.3, -0.25) is 9.36 Å². The summed E-state index contributed by atoms with van der Waals surface area (Å²) in [5, 5.41) is 0. The molecule has 0 fully saturated rings. The number of nitrogens with zero attached hydrogens (tertiary/aromatic N) is 1. The fourth-order valence-electron chi connectivity index (χ4n) is 1.49. The molecule has 2 aromatic rings. The van der Waals surface area contributed by atoms with Gasteiger partial charge in [0.15, 0.2) is 0 Å². The fraction of sp³-hybridized carbons (Fsp3) is 0.0833. The largest absolute Gasteiger partial charge is 0.394 e. The monoisotopic (exact) mass is 236 g/mol. The van der Waals surface area contributed by atoms with Gasteiger partial charge in [0.2, 0.25) is 0 Å². The highest BCUT2D eigenvalue weighted by molar-refractivity contribution is 5.41. The van der Waals surface area contributed by atoms with Crippen molar-refractivity contribution in [1.29, 1.82) is 0 Å². The van der Waals surface area contributed by atoms with Crippen LogP contribution in [0, 0.1) is 0 Å². The molecule has 0 amide bonds. The first kappa shape index (κ1) is 11.3. The molecule has 1 aromatic heterocycles. The average Bonchev–Trinajstić information content (AvgIpc) is 2.33. The van der Waals surface area contributed by atoms with E-state index in [1.807, 2.05) is 0 Å². The van der Waals surface area contributed by atoms with Crippen LogP contribution < -0.4 is 11.3 Å². The van der Waals surface area contributed by atoms with Crippen LogP contribution in [-0.4, -0.2) is 4.57 Å². The molecule has 0 radical (unpaired) electrons. The summed E-state index contributed by atoms with van der Waals surface area (Å²) < 4.78 is 26.0. The van der Waals surface area contributed by atoms with E-state index in [4.69, 9.17) is 5.73 Å².